The number of rotatable bonds is 7. The van der Waals surface area contributed by atoms with Gasteiger partial charge in [-0.25, -0.2) is 13.4 Å². The van der Waals surface area contributed by atoms with Gasteiger partial charge in [0.05, 0.1) is 22.7 Å². The maximum Gasteiger partial charge on any atom is 0.253 e. The molecule has 3 heterocycles. The second-order valence-corrected chi connectivity index (χ2v) is 13.3. The van der Waals surface area contributed by atoms with Gasteiger partial charge in [0.25, 0.3) is 10.0 Å². The molecule has 2 aromatic heterocycles. The average Bonchev–Trinajstić information content (AvgIpc) is 3.63. The Hall–Kier alpha value is -2.50. The fourth-order valence-electron chi connectivity index (χ4n) is 4.39. The molecule has 11 heteroatoms. The van der Waals surface area contributed by atoms with Crippen molar-refractivity contribution in [2.45, 2.75) is 36.6 Å². The van der Waals surface area contributed by atoms with Crippen molar-refractivity contribution in [3.05, 3.63) is 70.1 Å². The molecule has 2 aromatic carbocycles. The zero-order chi connectivity index (χ0) is 25.4. The predicted molar refractivity (Wildman–Crippen MR) is 145 cm³/mol. The zero-order valence-electron chi connectivity index (χ0n) is 19.7. The van der Waals surface area contributed by atoms with E-state index < -0.39 is 16.1 Å². The average molecular weight is 562 g/mol. The third-order valence-electron chi connectivity index (χ3n) is 6.19. The highest BCUT2D eigenvalue weighted by Gasteiger charge is 2.42. The molecular formula is C25H24ClN3O4S3. The monoisotopic (exact) mass is 561 g/mol. The Labute approximate surface area is 223 Å². The van der Waals surface area contributed by atoms with Crippen LogP contribution < -0.4 is 9.64 Å². The molecule has 0 aliphatic carbocycles. The van der Waals surface area contributed by atoms with Crippen LogP contribution in [0.4, 0.5) is 5.13 Å². The van der Waals surface area contributed by atoms with E-state index in [9.17, 15) is 13.2 Å². The van der Waals surface area contributed by atoms with Crippen LogP contribution >= 0.6 is 34.3 Å². The molecule has 7 nitrogen and oxygen atoms in total. The number of methoxy groups -OCH3 is 1. The lowest BCUT2D eigenvalue weighted by Gasteiger charge is -2.28. The van der Waals surface area contributed by atoms with Gasteiger partial charge >= 0.3 is 0 Å². The van der Waals surface area contributed by atoms with Gasteiger partial charge in [0.15, 0.2) is 5.13 Å². The lowest BCUT2D eigenvalue weighted by atomic mass is 10.1. The van der Waals surface area contributed by atoms with E-state index in [1.807, 2.05) is 49.4 Å². The summed E-state index contributed by atoms with van der Waals surface area (Å²) in [5, 5.41) is 0.509. The summed E-state index contributed by atoms with van der Waals surface area (Å²) in [6.07, 6.45) is 1.04. The van der Waals surface area contributed by atoms with Crippen molar-refractivity contribution < 1.29 is 17.9 Å². The molecule has 0 spiro atoms. The highest BCUT2D eigenvalue weighted by molar-refractivity contribution is 7.91. The van der Waals surface area contributed by atoms with Crippen LogP contribution in [0.25, 0.3) is 10.2 Å². The molecule has 1 unspecified atom stereocenters. The molecule has 1 atom stereocenters. The number of sulfonamides is 1. The van der Waals surface area contributed by atoms with Gasteiger partial charge in [0.1, 0.15) is 21.5 Å². The first-order valence-electron chi connectivity index (χ1n) is 11.4. The Bertz CT molecular complexity index is 1520. The molecule has 1 saturated heterocycles. The number of ether oxygens (including phenoxy) is 1. The van der Waals surface area contributed by atoms with Crippen molar-refractivity contribution in [1.82, 2.24) is 9.29 Å². The molecule has 188 valence electrons. The molecule has 0 N–H and O–H groups in total. The first-order valence-corrected chi connectivity index (χ1v) is 14.8. The summed E-state index contributed by atoms with van der Waals surface area (Å²) >= 11 is 8.42. The first kappa shape index (κ1) is 25.2. The van der Waals surface area contributed by atoms with E-state index in [4.69, 9.17) is 21.3 Å². The zero-order valence-corrected chi connectivity index (χ0v) is 22.9. The van der Waals surface area contributed by atoms with Crippen LogP contribution in [0.15, 0.2) is 58.8 Å². The summed E-state index contributed by atoms with van der Waals surface area (Å²) < 4.78 is 35.1. The lowest BCUT2D eigenvalue weighted by molar-refractivity contribution is -0.121. The number of amides is 1. The van der Waals surface area contributed by atoms with Crippen molar-refractivity contribution >= 4 is 65.6 Å². The largest absolute Gasteiger partial charge is 0.494 e. The maximum absolute atomic E-state index is 14.1. The molecule has 1 amide bonds. The van der Waals surface area contributed by atoms with E-state index in [1.54, 1.807) is 18.1 Å². The molecule has 36 heavy (non-hydrogen) atoms. The van der Waals surface area contributed by atoms with Crippen molar-refractivity contribution in [2.75, 3.05) is 18.6 Å². The molecule has 1 fully saturated rings. The number of thiophene rings is 1. The number of thiazole rings is 1. The minimum absolute atomic E-state index is 0.141. The minimum Gasteiger partial charge on any atom is -0.494 e. The molecule has 1 aliphatic heterocycles. The van der Waals surface area contributed by atoms with Gasteiger partial charge in [0.2, 0.25) is 5.91 Å². The van der Waals surface area contributed by atoms with Gasteiger partial charge in [-0.1, -0.05) is 59.3 Å². The van der Waals surface area contributed by atoms with Gasteiger partial charge in [-0.15, -0.1) is 11.3 Å². The maximum atomic E-state index is 14.1. The van der Waals surface area contributed by atoms with E-state index in [0.717, 1.165) is 27.2 Å². The van der Waals surface area contributed by atoms with Gasteiger partial charge < -0.3 is 4.74 Å². The van der Waals surface area contributed by atoms with Crippen molar-refractivity contribution in [3.63, 3.8) is 0 Å². The van der Waals surface area contributed by atoms with Crippen molar-refractivity contribution in [3.8, 4) is 5.75 Å². The van der Waals surface area contributed by atoms with Gasteiger partial charge in [-0.2, -0.15) is 4.31 Å². The van der Waals surface area contributed by atoms with Crippen molar-refractivity contribution in [1.29, 1.82) is 0 Å². The molecule has 0 radical (unpaired) electrons. The third-order valence-corrected chi connectivity index (χ3v) is 11.0. The number of fused-ring (bicyclic) bond motifs is 1. The smallest absolute Gasteiger partial charge is 0.253 e. The Morgan fingerprint density at radius 3 is 2.64 bits per heavy atom. The number of aryl methyl sites for hydroxylation is 1. The topological polar surface area (TPSA) is 79.8 Å². The van der Waals surface area contributed by atoms with Crippen LogP contribution in [-0.4, -0.2) is 43.3 Å². The first-order chi connectivity index (χ1) is 17.3. The quantitative estimate of drug-likeness (QED) is 0.288. The third kappa shape index (κ3) is 4.64. The summed E-state index contributed by atoms with van der Waals surface area (Å²) in [4.78, 5) is 20.5. The Balaban J connectivity index is 1.56. The van der Waals surface area contributed by atoms with Gasteiger partial charge in [-0.3, -0.25) is 9.69 Å². The van der Waals surface area contributed by atoms with Crippen LogP contribution in [0.2, 0.25) is 4.34 Å². The number of carbonyl (C=O) groups excluding carboxylic acids is 1. The minimum atomic E-state index is -3.86. The molecule has 5 rings (SSSR count). The summed E-state index contributed by atoms with van der Waals surface area (Å²) in [5.41, 5.74) is 2.64. The summed E-state index contributed by atoms with van der Waals surface area (Å²) in [6, 6.07) is 15.7. The van der Waals surface area contributed by atoms with Crippen LogP contribution in [0.5, 0.6) is 5.75 Å². The number of carbonyl (C=O) groups is 1. The molecule has 0 saturated carbocycles. The highest BCUT2D eigenvalue weighted by Crippen LogP contribution is 2.39. The second kappa shape index (κ2) is 10.1. The van der Waals surface area contributed by atoms with Crippen molar-refractivity contribution in [2.24, 2.45) is 0 Å². The van der Waals surface area contributed by atoms with Crippen LogP contribution in [-0.2, 0) is 21.4 Å². The summed E-state index contributed by atoms with van der Waals surface area (Å²) in [5.74, 6) is 0.336. The predicted octanol–water partition coefficient (Wildman–Crippen LogP) is 5.71. The van der Waals surface area contributed by atoms with E-state index in [0.29, 0.717) is 33.6 Å². The number of nitrogens with zero attached hydrogens (tertiary/aromatic N) is 3. The van der Waals surface area contributed by atoms with E-state index in [2.05, 4.69) is 0 Å². The number of halogens is 1. The standard InChI is InChI=1S/C25H24ClN3O4S3/c1-16-10-11-19(33-2)22-23(16)35-25(27-22)28(15-17-7-4-3-5-8-17)24(30)18-9-6-14-29(18)36(31,32)21-13-12-20(26)34-21/h3-5,7-8,10-13,18H,6,9,14-15H2,1-2H3. The molecule has 0 bridgehead atoms. The second-order valence-electron chi connectivity index (χ2n) is 8.50. The summed E-state index contributed by atoms with van der Waals surface area (Å²) in [6.45, 7) is 2.54. The number of anilines is 1. The lowest BCUT2D eigenvalue weighted by Crippen LogP contribution is -2.47. The Morgan fingerprint density at radius 1 is 1.17 bits per heavy atom. The Morgan fingerprint density at radius 2 is 1.94 bits per heavy atom. The SMILES string of the molecule is COc1ccc(C)c2sc(N(Cc3ccccc3)C(=O)C3CCCN3S(=O)(=O)c3ccc(Cl)s3)nc12. The fourth-order valence-corrected chi connectivity index (χ4v) is 8.71. The molecule has 4 aromatic rings. The Kier molecular flexibility index (Phi) is 7.06. The van der Waals surface area contributed by atoms with Crippen LogP contribution in [0, 0.1) is 6.92 Å². The van der Waals surface area contributed by atoms with E-state index in [-0.39, 0.29) is 23.2 Å². The van der Waals surface area contributed by atoms with Gasteiger partial charge in [-0.05, 0) is 49.1 Å². The van der Waals surface area contributed by atoms with Crippen LogP contribution in [0.3, 0.4) is 0 Å². The fraction of sp³-hybridized carbons (Fsp3) is 0.280. The van der Waals surface area contributed by atoms with E-state index >= 15 is 0 Å². The molecule has 1 aliphatic rings. The highest BCUT2D eigenvalue weighted by atomic mass is 35.5. The number of benzene rings is 2. The number of hydrogen-bond donors (Lipinski definition) is 0. The number of hydrogen-bond acceptors (Lipinski definition) is 7. The van der Waals surface area contributed by atoms with E-state index in [1.165, 1.54) is 21.7 Å². The summed E-state index contributed by atoms with van der Waals surface area (Å²) in [7, 11) is -2.27. The van der Waals surface area contributed by atoms with Crippen LogP contribution in [0.1, 0.15) is 24.0 Å². The van der Waals surface area contributed by atoms with Gasteiger partial charge in [0, 0.05) is 6.54 Å². The number of aromatic nitrogens is 1. The normalized spacial score (nSPS) is 16.5. The molecular weight excluding hydrogens is 538 g/mol.